The fraction of sp³-hybridized carbons (Fsp3) is 0.333. The zero-order chi connectivity index (χ0) is 19.6. The van der Waals surface area contributed by atoms with E-state index in [0.29, 0.717) is 17.9 Å². The quantitative estimate of drug-likeness (QED) is 0.617. The summed E-state index contributed by atoms with van der Waals surface area (Å²) in [5.41, 5.74) is 2.18. The Morgan fingerprint density at radius 3 is 2.26 bits per heavy atom. The van der Waals surface area contributed by atoms with Crippen molar-refractivity contribution in [1.29, 1.82) is 0 Å². The largest absolute Gasteiger partial charge is 0.489 e. The topological polar surface area (TPSA) is 79.5 Å². The van der Waals surface area contributed by atoms with Crippen LogP contribution in [-0.4, -0.2) is 24.5 Å². The van der Waals surface area contributed by atoms with Gasteiger partial charge >= 0.3 is 0 Å². The summed E-state index contributed by atoms with van der Waals surface area (Å²) in [4.78, 5) is 23.8. The Hall–Kier alpha value is -3.02. The zero-order valence-corrected chi connectivity index (χ0v) is 16.0. The summed E-state index contributed by atoms with van der Waals surface area (Å²) in [6.07, 6.45) is 1.34. The number of nitrogens with one attached hydrogen (secondary N) is 3. The lowest BCUT2D eigenvalue weighted by Gasteiger charge is -2.15. The van der Waals surface area contributed by atoms with E-state index >= 15 is 0 Å². The van der Waals surface area contributed by atoms with Crippen LogP contribution in [0.25, 0.3) is 0 Å². The van der Waals surface area contributed by atoms with Gasteiger partial charge in [0.2, 0.25) is 11.8 Å². The Bertz CT molecular complexity index is 758. The van der Waals surface area contributed by atoms with Crippen molar-refractivity contribution in [3.8, 4) is 5.75 Å². The maximum Gasteiger partial charge on any atom is 0.243 e. The van der Waals surface area contributed by atoms with E-state index in [4.69, 9.17) is 4.74 Å². The molecule has 0 atom stereocenters. The summed E-state index contributed by atoms with van der Waals surface area (Å²) in [6, 6.07) is 14.6. The molecule has 6 nitrogen and oxygen atoms in total. The Morgan fingerprint density at radius 2 is 1.59 bits per heavy atom. The molecule has 2 aromatic carbocycles. The van der Waals surface area contributed by atoms with E-state index in [-0.39, 0.29) is 24.5 Å². The fourth-order valence-corrected chi connectivity index (χ4v) is 2.43. The molecule has 144 valence electrons. The predicted octanol–water partition coefficient (Wildman–Crippen LogP) is 4.26. The van der Waals surface area contributed by atoms with Crippen LogP contribution >= 0.6 is 0 Å². The number of ether oxygens (including phenoxy) is 1. The number of hydrogen-bond donors (Lipinski definition) is 3. The highest BCUT2D eigenvalue weighted by atomic mass is 16.5. The molecule has 0 saturated heterocycles. The molecule has 2 aromatic rings. The van der Waals surface area contributed by atoms with Gasteiger partial charge in [-0.3, -0.25) is 9.59 Å². The molecule has 0 radical (unpaired) electrons. The Morgan fingerprint density at radius 1 is 0.926 bits per heavy atom. The van der Waals surface area contributed by atoms with Gasteiger partial charge in [0.1, 0.15) is 5.75 Å². The summed E-state index contributed by atoms with van der Waals surface area (Å²) in [6.45, 7) is 5.96. The van der Waals surface area contributed by atoms with Crippen LogP contribution in [0.5, 0.6) is 5.75 Å². The minimum atomic E-state index is -0.171. The van der Waals surface area contributed by atoms with Gasteiger partial charge in [0.25, 0.3) is 0 Å². The van der Waals surface area contributed by atoms with Crippen LogP contribution in [0.1, 0.15) is 33.6 Å². The lowest BCUT2D eigenvalue weighted by molar-refractivity contribution is -0.116. The molecule has 0 fully saturated rings. The summed E-state index contributed by atoms with van der Waals surface area (Å²) in [7, 11) is 0. The molecule has 0 bridgehead atoms. The summed E-state index contributed by atoms with van der Waals surface area (Å²) in [5, 5.41) is 8.75. The molecule has 27 heavy (non-hydrogen) atoms. The van der Waals surface area contributed by atoms with E-state index in [0.717, 1.165) is 17.8 Å². The van der Waals surface area contributed by atoms with Crippen LogP contribution in [0.15, 0.2) is 48.5 Å². The van der Waals surface area contributed by atoms with Crippen molar-refractivity contribution < 1.29 is 14.3 Å². The summed E-state index contributed by atoms with van der Waals surface area (Å²) in [5.74, 6) is 0.475. The van der Waals surface area contributed by atoms with Gasteiger partial charge in [-0.15, -0.1) is 0 Å². The Labute approximate surface area is 160 Å². The monoisotopic (exact) mass is 369 g/mol. The van der Waals surface area contributed by atoms with Crippen LogP contribution in [0.3, 0.4) is 0 Å². The molecule has 0 spiro atoms. The number of benzene rings is 2. The van der Waals surface area contributed by atoms with Crippen LogP contribution in [0.4, 0.5) is 17.1 Å². The number of amides is 2. The van der Waals surface area contributed by atoms with E-state index in [9.17, 15) is 9.59 Å². The average molecular weight is 369 g/mol. The maximum atomic E-state index is 12.2. The lowest BCUT2D eigenvalue weighted by atomic mass is 10.2. The molecule has 2 amide bonds. The standard InChI is InChI=1S/C21H27N3O3/c1-4-7-20(25)23-17-12-10-16(11-13-17)22-14-21(26)24-18-8-5-6-9-19(18)27-15(2)3/h5-6,8-13,15,22H,4,7,14H2,1-3H3,(H,23,25)(H,24,26). The second kappa shape index (κ2) is 10.2. The van der Waals surface area contributed by atoms with Gasteiger partial charge < -0.3 is 20.7 Å². The molecule has 3 N–H and O–H groups in total. The molecule has 0 aromatic heterocycles. The first-order valence-corrected chi connectivity index (χ1v) is 9.17. The highest BCUT2D eigenvalue weighted by molar-refractivity contribution is 5.95. The third-order valence-electron chi connectivity index (χ3n) is 3.62. The number of carbonyl (C=O) groups is 2. The fourth-order valence-electron chi connectivity index (χ4n) is 2.43. The van der Waals surface area contributed by atoms with E-state index in [2.05, 4.69) is 16.0 Å². The smallest absolute Gasteiger partial charge is 0.243 e. The van der Waals surface area contributed by atoms with Crippen LogP contribution < -0.4 is 20.7 Å². The summed E-state index contributed by atoms with van der Waals surface area (Å²) < 4.78 is 5.70. The normalized spacial score (nSPS) is 10.4. The van der Waals surface area contributed by atoms with Gasteiger partial charge in [0.15, 0.2) is 0 Å². The first-order chi connectivity index (χ1) is 13.0. The van der Waals surface area contributed by atoms with Gasteiger partial charge in [-0.05, 0) is 56.7 Å². The van der Waals surface area contributed by atoms with Gasteiger partial charge in [-0.2, -0.15) is 0 Å². The van der Waals surface area contributed by atoms with E-state index < -0.39 is 0 Å². The van der Waals surface area contributed by atoms with Crippen molar-refractivity contribution in [3.63, 3.8) is 0 Å². The SMILES string of the molecule is CCCC(=O)Nc1ccc(NCC(=O)Nc2ccccc2OC(C)C)cc1. The van der Waals surface area contributed by atoms with Crippen molar-refractivity contribution in [2.24, 2.45) is 0 Å². The van der Waals surface area contributed by atoms with Crippen molar-refractivity contribution in [1.82, 2.24) is 0 Å². The van der Waals surface area contributed by atoms with Gasteiger partial charge in [0, 0.05) is 17.8 Å². The molecule has 6 heteroatoms. The number of anilines is 3. The van der Waals surface area contributed by atoms with Gasteiger partial charge in [-0.25, -0.2) is 0 Å². The molecule has 0 saturated carbocycles. The van der Waals surface area contributed by atoms with Crippen molar-refractivity contribution in [2.45, 2.75) is 39.7 Å². The molecular weight excluding hydrogens is 342 g/mol. The lowest BCUT2D eigenvalue weighted by Crippen LogP contribution is -2.22. The van der Waals surface area contributed by atoms with E-state index in [1.165, 1.54) is 0 Å². The predicted molar refractivity (Wildman–Crippen MR) is 109 cm³/mol. The molecule has 2 rings (SSSR count). The number of rotatable bonds is 9. The van der Waals surface area contributed by atoms with Gasteiger partial charge in [-0.1, -0.05) is 19.1 Å². The van der Waals surface area contributed by atoms with Crippen LogP contribution in [0, 0.1) is 0 Å². The highest BCUT2D eigenvalue weighted by Gasteiger charge is 2.09. The van der Waals surface area contributed by atoms with Crippen molar-refractivity contribution >= 4 is 28.9 Å². The molecule has 0 heterocycles. The molecule has 0 aliphatic heterocycles. The molecule has 0 unspecified atom stereocenters. The minimum absolute atomic E-state index is 0.000121. The highest BCUT2D eigenvalue weighted by Crippen LogP contribution is 2.24. The summed E-state index contributed by atoms with van der Waals surface area (Å²) >= 11 is 0. The maximum absolute atomic E-state index is 12.2. The van der Waals surface area contributed by atoms with Crippen molar-refractivity contribution in [2.75, 3.05) is 22.5 Å². The molecular formula is C21H27N3O3. The number of carbonyl (C=O) groups excluding carboxylic acids is 2. The van der Waals surface area contributed by atoms with Gasteiger partial charge in [0.05, 0.1) is 18.3 Å². The third-order valence-corrected chi connectivity index (χ3v) is 3.62. The molecule has 0 aliphatic carbocycles. The third kappa shape index (κ3) is 7.01. The average Bonchev–Trinajstić information content (AvgIpc) is 2.62. The number of hydrogen-bond acceptors (Lipinski definition) is 4. The van der Waals surface area contributed by atoms with E-state index in [1.807, 2.05) is 57.2 Å². The zero-order valence-electron chi connectivity index (χ0n) is 16.0. The van der Waals surface area contributed by atoms with Crippen LogP contribution in [0.2, 0.25) is 0 Å². The van der Waals surface area contributed by atoms with E-state index in [1.54, 1.807) is 12.1 Å². The van der Waals surface area contributed by atoms with Crippen molar-refractivity contribution in [3.05, 3.63) is 48.5 Å². The number of para-hydroxylation sites is 2. The minimum Gasteiger partial charge on any atom is -0.489 e. The van der Waals surface area contributed by atoms with Crippen LogP contribution in [-0.2, 0) is 9.59 Å². The molecule has 0 aliphatic rings. The first-order valence-electron chi connectivity index (χ1n) is 9.17. The first kappa shape index (κ1) is 20.3. The second-order valence-electron chi connectivity index (χ2n) is 6.44. The Balaban J connectivity index is 1.86. The second-order valence-corrected chi connectivity index (χ2v) is 6.44. The Kier molecular flexibility index (Phi) is 7.67.